The fraction of sp³-hybridized carbons (Fsp3) is 0.0769. The number of halogens is 1. The Labute approximate surface area is 108 Å². The number of benzene rings is 1. The zero-order chi connectivity index (χ0) is 11.8. The highest BCUT2D eigenvalue weighted by Crippen LogP contribution is 2.32. The Bertz CT molecular complexity index is 670. The van der Waals surface area contributed by atoms with Gasteiger partial charge in [-0.25, -0.2) is 9.97 Å². The van der Waals surface area contributed by atoms with Gasteiger partial charge in [0, 0.05) is 26.7 Å². The Morgan fingerprint density at radius 3 is 2.82 bits per heavy atom. The monoisotopic (exact) mass is 260 g/mol. The Hall–Kier alpha value is -1.45. The van der Waals surface area contributed by atoms with E-state index in [4.69, 9.17) is 11.6 Å². The first-order valence-corrected chi connectivity index (χ1v) is 6.47. The molecule has 0 bridgehead atoms. The van der Waals surface area contributed by atoms with Crippen LogP contribution >= 0.6 is 22.9 Å². The van der Waals surface area contributed by atoms with Crippen molar-refractivity contribution in [2.45, 2.75) is 6.92 Å². The van der Waals surface area contributed by atoms with Crippen LogP contribution in [0.25, 0.3) is 21.5 Å². The van der Waals surface area contributed by atoms with Crippen LogP contribution in [0.3, 0.4) is 0 Å². The summed E-state index contributed by atoms with van der Waals surface area (Å²) in [6.45, 7) is 1.92. The predicted octanol–water partition coefficient (Wildman–Crippen LogP) is 4.32. The second-order valence-electron chi connectivity index (χ2n) is 3.80. The van der Waals surface area contributed by atoms with Crippen molar-refractivity contribution in [3.8, 4) is 11.4 Å². The summed E-state index contributed by atoms with van der Waals surface area (Å²) >= 11 is 7.67. The van der Waals surface area contributed by atoms with Gasteiger partial charge in [0.15, 0.2) is 5.82 Å². The summed E-state index contributed by atoms with van der Waals surface area (Å²) in [4.78, 5) is 8.73. The van der Waals surface area contributed by atoms with Crippen molar-refractivity contribution >= 4 is 33.0 Å². The van der Waals surface area contributed by atoms with Crippen LogP contribution in [0.15, 0.2) is 35.7 Å². The van der Waals surface area contributed by atoms with Gasteiger partial charge in [0.2, 0.25) is 0 Å². The standard InChI is InChI=1S/C13H9ClN2S/c1-8-6-12(14)16-13(15-8)10-7-17-11-5-3-2-4-9(10)11/h2-7H,1H3. The first-order valence-electron chi connectivity index (χ1n) is 5.22. The second kappa shape index (κ2) is 4.09. The lowest BCUT2D eigenvalue weighted by atomic mass is 10.1. The van der Waals surface area contributed by atoms with E-state index < -0.39 is 0 Å². The van der Waals surface area contributed by atoms with Crippen LogP contribution in [-0.4, -0.2) is 9.97 Å². The van der Waals surface area contributed by atoms with E-state index in [-0.39, 0.29) is 0 Å². The molecule has 4 heteroatoms. The van der Waals surface area contributed by atoms with E-state index in [1.165, 1.54) is 10.1 Å². The number of hydrogen-bond acceptors (Lipinski definition) is 3. The van der Waals surface area contributed by atoms with Crippen LogP contribution in [0.4, 0.5) is 0 Å². The van der Waals surface area contributed by atoms with Gasteiger partial charge in [0.05, 0.1) is 0 Å². The van der Waals surface area contributed by atoms with Crippen LogP contribution < -0.4 is 0 Å². The van der Waals surface area contributed by atoms with Gasteiger partial charge in [-0.15, -0.1) is 11.3 Å². The highest BCUT2D eigenvalue weighted by Gasteiger charge is 2.09. The lowest BCUT2D eigenvalue weighted by molar-refractivity contribution is 1.12. The first-order chi connectivity index (χ1) is 8.24. The zero-order valence-electron chi connectivity index (χ0n) is 9.14. The molecule has 84 valence electrons. The molecule has 0 amide bonds. The van der Waals surface area contributed by atoms with Crippen LogP contribution in [0, 0.1) is 6.92 Å². The smallest absolute Gasteiger partial charge is 0.162 e. The van der Waals surface area contributed by atoms with Crippen molar-refractivity contribution < 1.29 is 0 Å². The molecule has 3 rings (SSSR count). The van der Waals surface area contributed by atoms with Gasteiger partial charge in [-0.2, -0.15) is 0 Å². The number of aromatic nitrogens is 2. The Kier molecular flexibility index (Phi) is 2.57. The van der Waals surface area contributed by atoms with Crippen molar-refractivity contribution in [3.05, 3.63) is 46.6 Å². The van der Waals surface area contributed by atoms with Crippen LogP contribution in [0.5, 0.6) is 0 Å². The molecule has 17 heavy (non-hydrogen) atoms. The molecule has 0 atom stereocenters. The molecule has 0 saturated carbocycles. The van der Waals surface area contributed by atoms with Gasteiger partial charge in [0.25, 0.3) is 0 Å². The van der Waals surface area contributed by atoms with Crippen LogP contribution in [-0.2, 0) is 0 Å². The van der Waals surface area contributed by atoms with Gasteiger partial charge in [0.1, 0.15) is 5.15 Å². The molecule has 0 radical (unpaired) electrons. The van der Waals surface area contributed by atoms with Gasteiger partial charge >= 0.3 is 0 Å². The molecule has 2 aromatic heterocycles. The van der Waals surface area contributed by atoms with Crippen molar-refractivity contribution in [2.24, 2.45) is 0 Å². The lowest BCUT2D eigenvalue weighted by Gasteiger charge is -2.00. The Morgan fingerprint density at radius 2 is 2.00 bits per heavy atom. The van der Waals surface area contributed by atoms with Crippen molar-refractivity contribution in [1.82, 2.24) is 9.97 Å². The summed E-state index contributed by atoms with van der Waals surface area (Å²) in [5.74, 6) is 0.701. The molecule has 2 heterocycles. The highest BCUT2D eigenvalue weighted by molar-refractivity contribution is 7.17. The molecule has 0 aliphatic heterocycles. The molecule has 0 N–H and O–H groups in total. The van der Waals surface area contributed by atoms with E-state index in [0.29, 0.717) is 11.0 Å². The second-order valence-corrected chi connectivity index (χ2v) is 5.10. The number of hydrogen-bond donors (Lipinski definition) is 0. The molecule has 0 fully saturated rings. The Balaban J connectivity index is 2.27. The topological polar surface area (TPSA) is 25.8 Å². The molecule has 0 aliphatic rings. The molecule has 0 aliphatic carbocycles. The van der Waals surface area contributed by atoms with E-state index in [9.17, 15) is 0 Å². The van der Waals surface area contributed by atoms with Crippen molar-refractivity contribution in [1.29, 1.82) is 0 Å². The summed E-state index contributed by atoms with van der Waals surface area (Å²) in [7, 11) is 0. The van der Waals surface area contributed by atoms with Gasteiger partial charge in [-0.05, 0) is 19.1 Å². The average molecular weight is 261 g/mol. The summed E-state index contributed by atoms with van der Waals surface area (Å²) < 4.78 is 1.24. The summed E-state index contributed by atoms with van der Waals surface area (Å²) in [5, 5.41) is 3.75. The Morgan fingerprint density at radius 1 is 1.18 bits per heavy atom. The van der Waals surface area contributed by atoms with Crippen molar-refractivity contribution in [2.75, 3.05) is 0 Å². The fourth-order valence-electron chi connectivity index (χ4n) is 1.80. The van der Waals surface area contributed by atoms with Crippen molar-refractivity contribution in [3.63, 3.8) is 0 Å². The van der Waals surface area contributed by atoms with Gasteiger partial charge in [-0.1, -0.05) is 29.8 Å². The summed E-state index contributed by atoms with van der Waals surface area (Å²) in [6, 6.07) is 10.0. The fourth-order valence-corrected chi connectivity index (χ4v) is 2.98. The SMILES string of the molecule is Cc1cc(Cl)nc(-c2csc3ccccc23)n1. The molecular weight excluding hydrogens is 252 g/mol. The minimum absolute atomic E-state index is 0.489. The van der Waals surface area contributed by atoms with E-state index >= 15 is 0 Å². The molecule has 0 unspecified atom stereocenters. The quantitative estimate of drug-likeness (QED) is 0.609. The van der Waals surface area contributed by atoms with E-state index in [0.717, 1.165) is 11.3 Å². The summed E-state index contributed by atoms with van der Waals surface area (Å²) in [6.07, 6.45) is 0. The number of nitrogens with zero attached hydrogens (tertiary/aromatic N) is 2. The number of thiophene rings is 1. The molecular formula is C13H9ClN2S. The molecule has 1 aromatic carbocycles. The third-order valence-electron chi connectivity index (χ3n) is 2.54. The normalized spacial score (nSPS) is 10.9. The maximum atomic E-state index is 5.97. The molecule has 3 aromatic rings. The largest absolute Gasteiger partial charge is 0.233 e. The van der Waals surface area contributed by atoms with Gasteiger partial charge < -0.3 is 0 Å². The van der Waals surface area contributed by atoms with E-state index in [2.05, 4.69) is 27.5 Å². The van der Waals surface area contributed by atoms with E-state index in [1.54, 1.807) is 17.4 Å². The minimum atomic E-state index is 0.489. The van der Waals surface area contributed by atoms with Gasteiger partial charge in [-0.3, -0.25) is 0 Å². The molecule has 0 spiro atoms. The van der Waals surface area contributed by atoms with Crippen LogP contribution in [0.1, 0.15) is 5.69 Å². The lowest BCUT2D eigenvalue weighted by Crippen LogP contribution is -1.91. The average Bonchev–Trinajstić information content (AvgIpc) is 2.71. The maximum Gasteiger partial charge on any atom is 0.162 e. The number of fused-ring (bicyclic) bond motifs is 1. The number of rotatable bonds is 1. The highest BCUT2D eigenvalue weighted by atomic mass is 35.5. The zero-order valence-corrected chi connectivity index (χ0v) is 10.7. The predicted molar refractivity (Wildman–Crippen MR) is 72.6 cm³/mol. The third kappa shape index (κ3) is 1.92. The van der Waals surface area contributed by atoms with E-state index in [1.807, 2.05) is 19.1 Å². The number of aryl methyl sites for hydroxylation is 1. The molecule has 2 nitrogen and oxygen atoms in total. The maximum absolute atomic E-state index is 5.97. The summed E-state index contributed by atoms with van der Waals surface area (Å²) in [5.41, 5.74) is 1.94. The third-order valence-corrected chi connectivity index (χ3v) is 3.70. The first kappa shape index (κ1) is 10.7. The minimum Gasteiger partial charge on any atom is -0.233 e. The van der Waals surface area contributed by atoms with Crippen LogP contribution in [0.2, 0.25) is 5.15 Å². The molecule has 0 saturated heterocycles.